The number of hydrogen-bond donors (Lipinski definition) is 3. The molecule has 1 amide bonds. The first-order chi connectivity index (χ1) is 9.20. The summed E-state index contributed by atoms with van der Waals surface area (Å²) in [6.45, 7) is 1.01. The summed E-state index contributed by atoms with van der Waals surface area (Å²) in [6.07, 6.45) is 1.57. The zero-order valence-electron chi connectivity index (χ0n) is 10.2. The van der Waals surface area contributed by atoms with Crippen molar-refractivity contribution >= 4 is 34.4 Å². The van der Waals surface area contributed by atoms with Gasteiger partial charge >= 0.3 is 0 Å². The molecule has 2 aromatic rings. The SMILES string of the molecule is COCCNC(=O)CNc1nc(Cl)nc2[nH]ncc12. The maximum atomic E-state index is 11.5. The molecule has 3 N–H and O–H groups in total. The molecule has 0 saturated carbocycles. The van der Waals surface area contributed by atoms with Crippen molar-refractivity contribution in [3.05, 3.63) is 11.5 Å². The lowest BCUT2D eigenvalue weighted by molar-refractivity contribution is -0.119. The second-order valence-corrected chi connectivity index (χ2v) is 4.01. The van der Waals surface area contributed by atoms with Crippen molar-refractivity contribution in [3.8, 4) is 0 Å². The number of fused-ring (bicyclic) bond motifs is 1. The number of halogens is 1. The third-order valence-electron chi connectivity index (χ3n) is 2.33. The molecular formula is C10H13ClN6O2. The Morgan fingerprint density at radius 3 is 3.16 bits per heavy atom. The number of methoxy groups -OCH3 is 1. The first-order valence-electron chi connectivity index (χ1n) is 5.57. The number of amides is 1. The van der Waals surface area contributed by atoms with Crippen LogP contribution in [0, 0.1) is 0 Å². The largest absolute Gasteiger partial charge is 0.383 e. The third-order valence-corrected chi connectivity index (χ3v) is 2.50. The Morgan fingerprint density at radius 2 is 2.37 bits per heavy atom. The molecule has 0 atom stereocenters. The van der Waals surface area contributed by atoms with E-state index in [1.54, 1.807) is 13.3 Å². The van der Waals surface area contributed by atoms with E-state index in [4.69, 9.17) is 16.3 Å². The molecule has 102 valence electrons. The number of aromatic amines is 1. The molecule has 0 fully saturated rings. The molecule has 0 aliphatic rings. The minimum atomic E-state index is -0.163. The van der Waals surface area contributed by atoms with Crippen LogP contribution in [-0.4, -0.2) is 52.9 Å². The normalized spacial score (nSPS) is 10.6. The van der Waals surface area contributed by atoms with E-state index in [-0.39, 0.29) is 17.7 Å². The number of carbonyl (C=O) groups excluding carboxylic acids is 1. The minimum Gasteiger partial charge on any atom is -0.383 e. The number of nitrogens with one attached hydrogen (secondary N) is 3. The number of nitrogens with zero attached hydrogens (tertiary/aromatic N) is 3. The Hall–Kier alpha value is -1.93. The topological polar surface area (TPSA) is 105 Å². The number of hydrogen-bond acceptors (Lipinski definition) is 6. The first-order valence-corrected chi connectivity index (χ1v) is 5.94. The summed E-state index contributed by atoms with van der Waals surface area (Å²) >= 11 is 5.77. The molecule has 0 saturated heterocycles. The van der Waals surface area contributed by atoms with Gasteiger partial charge in [0, 0.05) is 13.7 Å². The molecule has 2 aromatic heterocycles. The van der Waals surface area contributed by atoms with Crippen molar-refractivity contribution in [2.24, 2.45) is 0 Å². The fourth-order valence-corrected chi connectivity index (χ4v) is 1.63. The van der Waals surface area contributed by atoms with E-state index < -0.39 is 0 Å². The van der Waals surface area contributed by atoms with Gasteiger partial charge in [-0.1, -0.05) is 0 Å². The van der Waals surface area contributed by atoms with Crippen LogP contribution in [0.3, 0.4) is 0 Å². The molecule has 2 rings (SSSR count). The molecule has 0 spiro atoms. The zero-order chi connectivity index (χ0) is 13.7. The smallest absolute Gasteiger partial charge is 0.239 e. The fraction of sp³-hybridized carbons (Fsp3) is 0.400. The van der Waals surface area contributed by atoms with E-state index in [0.29, 0.717) is 30.0 Å². The van der Waals surface area contributed by atoms with E-state index in [1.165, 1.54) is 0 Å². The van der Waals surface area contributed by atoms with Crippen LogP contribution in [0.25, 0.3) is 11.0 Å². The first kappa shape index (κ1) is 13.5. The highest BCUT2D eigenvalue weighted by molar-refractivity contribution is 6.28. The van der Waals surface area contributed by atoms with Crippen LogP contribution in [0.1, 0.15) is 0 Å². The molecule has 0 radical (unpaired) electrons. The summed E-state index contributed by atoms with van der Waals surface area (Å²) in [6, 6.07) is 0. The highest BCUT2D eigenvalue weighted by atomic mass is 35.5. The second kappa shape index (κ2) is 6.30. The van der Waals surface area contributed by atoms with Crippen LogP contribution in [0.5, 0.6) is 0 Å². The fourth-order valence-electron chi connectivity index (χ4n) is 1.46. The van der Waals surface area contributed by atoms with Crippen LogP contribution >= 0.6 is 11.6 Å². The summed E-state index contributed by atoms with van der Waals surface area (Å²) in [5.74, 6) is 0.300. The van der Waals surface area contributed by atoms with Gasteiger partial charge in [0.2, 0.25) is 11.2 Å². The molecule has 0 unspecified atom stereocenters. The number of H-pyrrole nitrogens is 1. The third kappa shape index (κ3) is 3.52. The Labute approximate surface area is 113 Å². The van der Waals surface area contributed by atoms with E-state index >= 15 is 0 Å². The highest BCUT2D eigenvalue weighted by Crippen LogP contribution is 2.19. The predicted molar refractivity (Wildman–Crippen MR) is 70.1 cm³/mol. The number of rotatable bonds is 6. The summed E-state index contributed by atoms with van der Waals surface area (Å²) < 4.78 is 4.83. The number of carbonyl (C=O) groups is 1. The maximum absolute atomic E-state index is 11.5. The van der Waals surface area contributed by atoms with Gasteiger partial charge in [-0.2, -0.15) is 15.1 Å². The molecule has 8 nitrogen and oxygen atoms in total. The average molecular weight is 285 g/mol. The van der Waals surface area contributed by atoms with Crippen molar-refractivity contribution in [1.82, 2.24) is 25.5 Å². The van der Waals surface area contributed by atoms with Crippen molar-refractivity contribution in [2.45, 2.75) is 0 Å². The van der Waals surface area contributed by atoms with Gasteiger partial charge in [-0.15, -0.1) is 0 Å². The average Bonchev–Trinajstić information content (AvgIpc) is 2.84. The van der Waals surface area contributed by atoms with Gasteiger partial charge < -0.3 is 15.4 Å². The molecule has 0 aliphatic heterocycles. The van der Waals surface area contributed by atoms with E-state index in [9.17, 15) is 4.79 Å². The summed E-state index contributed by atoms with van der Waals surface area (Å²) in [7, 11) is 1.57. The zero-order valence-corrected chi connectivity index (χ0v) is 11.0. The van der Waals surface area contributed by atoms with Crippen molar-refractivity contribution in [3.63, 3.8) is 0 Å². The Balaban J connectivity index is 1.97. The molecule has 0 bridgehead atoms. The quantitative estimate of drug-likeness (QED) is 0.516. The lowest BCUT2D eigenvalue weighted by atomic mass is 10.4. The molecule has 9 heteroatoms. The number of ether oxygens (including phenoxy) is 1. The summed E-state index contributed by atoms with van der Waals surface area (Å²) in [5, 5.41) is 12.9. The van der Waals surface area contributed by atoms with Gasteiger partial charge in [-0.25, -0.2) is 0 Å². The van der Waals surface area contributed by atoms with Crippen LogP contribution in [-0.2, 0) is 9.53 Å². The predicted octanol–water partition coefficient (Wildman–Crippen LogP) is 0.181. The van der Waals surface area contributed by atoms with Gasteiger partial charge in [0.25, 0.3) is 0 Å². The lowest BCUT2D eigenvalue weighted by Crippen LogP contribution is -2.32. The highest BCUT2D eigenvalue weighted by Gasteiger charge is 2.09. The lowest BCUT2D eigenvalue weighted by Gasteiger charge is -2.07. The Kier molecular flexibility index (Phi) is 4.48. The van der Waals surface area contributed by atoms with Crippen molar-refractivity contribution in [1.29, 1.82) is 0 Å². The van der Waals surface area contributed by atoms with Crippen molar-refractivity contribution in [2.75, 3.05) is 32.1 Å². The molecule has 19 heavy (non-hydrogen) atoms. The van der Waals surface area contributed by atoms with E-state index in [2.05, 4.69) is 30.8 Å². The Morgan fingerprint density at radius 1 is 1.53 bits per heavy atom. The number of aromatic nitrogens is 4. The standard InChI is InChI=1S/C10H13ClN6O2/c1-19-3-2-12-7(18)5-13-8-6-4-14-17-9(6)16-10(11)15-8/h4H,2-3,5H2,1H3,(H,12,18)(H2,13,14,15,16,17). The van der Waals surface area contributed by atoms with Crippen LogP contribution in [0.15, 0.2) is 6.20 Å². The molecule has 2 heterocycles. The van der Waals surface area contributed by atoms with Gasteiger partial charge in [0.15, 0.2) is 5.65 Å². The molecular weight excluding hydrogens is 272 g/mol. The molecule has 0 aromatic carbocycles. The molecule has 0 aliphatic carbocycles. The maximum Gasteiger partial charge on any atom is 0.239 e. The van der Waals surface area contributed by atoms with Gasteiger partial charge in [-0.3, -0.25) is 9.89 Å². The van der Waals surface area contributed by atoms with Gasteiger partial charge in [-0.05, 0) is 11.6 Å². The van der Waals surface area contributed by atoms with E-state index in [1.807, 2.05) is 0 Å². The Bertz CT molecular complexity index is 572. The van der Waals surface area contributed by atoms with Crippen molar-refractivity contribution < 1.29 is 9.53 Å². The summed E-state index contributed by atoms with van der Waals surface area (Å²) in [4.78, 5) is 19.5. The second-order valence-electron chi connectivity index (χ2n) is 3.67. The number of anilines is 1. The van der Waals surface area contributed by atoms with Crippen LogP contribution in [0.2, 0.25) is 5.28 Å². The van der Waals surface area contributed by atoms with Gasteiger partial charge in [0.1, 0.15) is 5.82 Å². The van der Waals surface area contributed by atoms with Crippen LogP contribution in [0.4, 0.5) is 5.82 Å². The van der Waals surface area contributed by atoms with Gasteiger partial charge in [0.05, 0.1) is 24.7 Å². The summed E-state index contributed by atoms with van der Waals surface area (Å²) in [5.41, 5.74) is 0.516. The van der Waals surface area contributed by atoms with E-state index in [0.717, 1.165) is 0 Å². The van der Waals surface area contributed by atoms with Crippen LogP contribution < -0.4 is 10.6 Å². The minimum absolute atomic E-state index is 0.0807. The monoisotopic (exact) mass is 284 g/mol.